The fourth-order valence-corrected chi connectivity index (χ4v) is 2.36. The van der Waals surface area contributed by atoms with Crippen LogP contribution in [0.2, 0.25) is 0 Å². The summed E-state index contributed by atoms with van der Waals surface area (Å²) in [5.74, 6) is 0.865. The highest BCUT2D eigenvalue weighted by Gasteiger charge is 2.16. The second-order valence-corrected chi connectivity index (χ2v) is 5.00. The first-order valence-corrected chi connectivity index (χ1v) is 6.95. The summed E-state index contributed by atoms with van der Waals surface area (Å²) in [5, 5.41) is 8.64. The van der Waals surface area contributed by atoms with Crippen LogP contribution in [0.15, 0.2) is 24.3 Å². The second-order valence-electron chi connectivity index (χ2n) is 5.00. The molecule has 4 nitrogen and oxygen atoms in total. The van der Waals surface area contributed by atoms with Gasteiger partial charge in [0.25, 0.3) is 0 Å². The van der Waals surface area contributed by atoms with E-state index in [0.717, 1.165) is 34.9 Å². The normalized spacial score (nSPS) is 10.7. The molecule has 2 aromatic rings. The van der Waals surface area contributed by atoms with Crippen molar-refractivity contribution in [2.24, 2.45) is 5.73 Å². The average molecular weight is 270 g/mol. The summed E-state index contributed by atoms with van der Waals surface area (Å²) in [6.07, 6.45) is 0. The van der Waals surface area contributed by atoms with E-state index in [-0.39, 0.29) is 0 Å². The predicted octanol–water partition coefficient (Wildman–Crippen LogP) is 3.02. The summed E-state index contributed by atoms with van der Waals surface area (Å²) in [6.45, 7) is 9.52. The van der Waals surface area contributed by atoms with Gasteiger partial charge in [-0.2, -0.15) is 5.10 Å². The molecule has 0 aliphatic carbocycles. The lowest BCUT2D eigenvalue weighted by Gasteiger charge is -2.25. The van der Waals surface area contributed by atoms with Gasteiger partial charge in [0.05, 0.1) is 5.69 Å². The van der Waals surface area contributed by atoms with Crippen LogP contribution in [0.1, 0.15) is 29.3 Å². The van der Waals surface area contributed by atoms with E-state index in [4.69, 9.17) is 5.73 Å². The smallest absolute Gasteiger partial charge is 0.160 e. The fourth-order valence-electron chi connectivity index (χ4n) is 2.36. The van der Waals surface area contributed by atoms with Crippen molar-refractivity contribution in [1.82, 2.24) is 10.2 Å². The third-order valence-electron chi connectivity index (χ3n) is 3.65. The molecule has 0 radical (unpaired) electrons. The summed E-state index contributed by atoms with van der Waals surface area (Å²) in [7, 11) is 0. The molecule has 0 fully saturated rings. The maximum Gasteiger partial charge on any atom is 0.160 e. The maximum atomic E-state index is 5.93. The molecule has 0 unspecified atom stereocenters. The van der Waals surface area contributed by atoms with Crippen LogP contribution in [-0.2, 0) is 6.54 Å². The van der Waals surface area contributed by atoms with Crippen molar-refractivity contribution in [2.45, 2.75) is 34.2 Å². The number of hydrogen-bond donors (Lipinski definition) is 1. The fraction of sp³-hybridized carbons (Fsp3) is 0.375. The van der Waals surface area contributed by atoms with Gasteiger partial charge in [0, 0.05) is 24.3 Å². The third kappa shape index (κ3) is 2.65. The highest BCUT2D eigenvalue weighted by atomic mass is 15.3. The molecule has 20 heavy (non-hydrogen) atoms. The Kier molecular flexibility index (Phi) is 4.35. The number of benzene rings is 1. The van der Waals surface area contributed by atoms with Crippen LogP contribution in [-0.4, -0.2) is 16.7 Å². The van der Waals surface area contributed by atoms with Gasteiger partial charge < -0.3 is 10.6 Å². The van der Waals surface area contributed by atoms with Crippen LogP contribution in [0.4, 0.5) is 11.5 Å². The summed E-state index contributed by atoms with van der Waals surface area (Å²) < 4.78 is 0. The molecule has 0 aliphatic heterocycles. The molecular formula is C16H22N4. The molecule has 1 heterocycles. The van der Waals surface area contributed by atoms with Gasteiger partial charge >= 0.3 is 0 Å². The summed E-state index contributed by atoms with van der Waals surface area (Å²) >= 11 is 0. The topological polar surface area (TPSA) is 55.0 Å². The number of hydrogen-bond acceptors (Lipinski definition) is 4. The van der Waals surface area contributed by atoms with E-state index in [2.05, 4.69) is 60.1 Å². The second kappa shape index (κ2) is 6.01. The Hall–Kier alpha value is -1.94. The van der Waals surface area contributed by atoms with Crippen molar-refractivity contribution in [3.05, 3.63) is 46.6 Å². The standard InChI is InChI=1S/C16H22N4/c1-5-20(14-8-6-7-11(2)9-14)16-15(10-17)12(3)13(4)18-19-16/h6-9H,5,10,17H2,1-4H3. The van der Waals surface area contributed by atoms with Crippen molar-refractivity contribution in [3.8, 4) is 0 Å². The van der Waals surface area contributed by atoms with E-state index >= 15 is 0 Å². The van der Waals surface area contributed by atoms with Crippen molar-refractivity contribution in [1.29, 1.82) is 0 Å². The highest BCUT2D eigenvalue weighted by Crippen LogP contribution is 2.28. The van der Waals surface area contributed by atoms with Gasteiger partial charge in [-0.25, -0.2) is 0 Å². The van der Waals surface area contributed by atoms with E-state index in [1.54, 1.807) is 0 Å². The van der Waals surface area contributed by atoms with Crippen molar-refractivity contribution < 1.29 is 0 Å². The molecular weight excluding hydrogens is 248 g/mol. The minimum atomic E-state index is 0.472. The molecule has 0 saturated heterocycles. The van der Waals surface area contributed by atoms with Gasteiger partial charge in [-0.1, -0.05) is 12.1 Å². The quantitative estimate of drug-likeness (QED) is 0.928. The van der Waals surface area contributed by atoms with Gasteiger partial charge in [-0.3, -0.25) is 0 Å². The molecule has 0 bridgehead atoms. The Balaban J connectivity index is 2.55. The average Bonchev–Trinajstić information content (AvgIpc) is 2.44. The zero-order valence-electron chi connectivity index (χ0n) is 12.6. The number of nitrogens with zero attached hydrogens (tertiary/aromatic N) is 3. The van der Waals surface area contributed by atoms with Crippen molar-refractivity contribution >= 4 is 11.5 Å². The van der Waals surface area contributed by atoms with E-state index in [1.165, 1.54) is 5.56 Å². The van der Waals surface area contributed by atoms with E-state index in [9.17, 15) is 0 Å². The highest BCUT2D eigenvalue weighted by molar-refractivity contribution is 5.64. The molecule has 0 amide bonds. The summed E-state index contributed by atoms with van der Waals surface area (Å²) in [5.41, 5.74) is 11.4. The lowest BCUT2D eigenvalue weighted by molar-refractivity contribution is 0.862. The summed E-state index contributed by atoms with van der Waals surface area (Å²) in [4.78, 5) is 2.16. The third-order valence-corrected chi connectivity index (χ3v) is 3.65. The van der Waals surface area contributed by atoms with Crippen molar-refractivity contribution in [2.75, 3.05) is 11.4 Å². The van der Waals surface area contributed by atoms with Gasteiger partial charge in [-0.15, -0.1) is 5.10 Å². The number of rotatable bonds is 4. The lowest BCUT2D eigenvalue weighted by Crippen LogP contribution is -2.22. The molecule has 0 spiro atoms. The summed E-state index contributed by atoms with van der Waals surface area (Å²) in [6, 6.07) is 8.39. The minimum Gasteiger partial charge on any atom is -0.326 e. The number of aryl methyl sites for hydroxylation is 2. The predicted molar refractivity (Wildman–Crippen MR) is 83.3 cm³/mol. The maximum absolute atomic E-state index is 5.93. The van der Waals surface area contributed by atoms with Crippen LogP contribution in [0, 0.1) is 20.8 Å². The molecule has 2 rings (SSSR count). The monoisotopic (exact) mass is 270 g/mol. The van der Waals surface area contributed by atoms with Crippen LogP contribution >= 0.6 is 0 Å². The minimum absolute atomic E-state index is 0.472. The van der Waals surface area contributed by atoms with Gasteiger partial charge in [0.15, 0.2) is 5.82 Å². The van der Waals surface area contributed by atoms with Gasteiger partial charge in [0.2, 0.25) is 0 Å². The molecule has 1 aromatic carbocycles. The van der Waals surface area contributed by atoms with Crippen LogP contribution in [0.3, 0.4) is 0 Å². The zero-order valence-corrected chi connectivity index (χ0v) is 12.6. The zero-order chi connectivity index (χ0) is 14.7. The van der Waals surface area contributed by atoms with Gasteiger partial charge in [0.1, 0.15) is 0 Å². The molecule has 1 aromatic heterocycles. The first-order chi connectivity index (χ1) is 9.58. The first-order valence-electron chi connectivity index (χ1n) is 6.95. The molecule has 106 valence electrons. The molecule has 2 N–H and O–H groups in total. The van der Waals surface area contributed by atoms with Crippen molar-refractivity contribution in [3.63, 3.8) is 0 Å². The molecule has 0 aliphatic rings. The van der Waals surface area contributed by atoms with Crippen LogP contribution in [0.5, 0.6) is 0 Å². The largest absolute Gasteiger partial charge is 0.326 e. The Morgan fingerprint density at radius 2 is 1.90 bits per heavy atom. The number of nitrogens with two attached hydrogens (primary N) is 1. The molecule has 0 atom stereocenters. The Bertz CT molecular complexity index is 607. The van der Waals surface area contributed by atoms with Crippen LogP contribution < -0.4 is 10.6 Å². The number of anilines is 2. The van der Waals surface area contributed by atoms with Crippen LogP contribution in [0.25, 0.3) is 0 Å². The van der Waals surface area contributed by atoms with E-state index < -0.39 is 0 Å². The number of aromatic nitrogens is 2. The molecule has 0 saturated carbocycles. The first kappa shape index (κ1) is 14.5. The Morgan fingerprint density at radius 1 is 1.15 bits per heavy atom. The van der Waals surface area contributed by atoms with Gasteiger partial charge in [-0.05, 0) is 51.0 Å². The van der Waals surface area contributed by atoms with E-state index in [0.29, 0.717) is 6.54 Å². The molecule has 4 heteroatoms. The van der Waals surface area contributed by atoms with E-state index in [1.807, 2.05) is 6.92 Å². The SMILES string of the molecule is CCN(c1cccc(C)c1)c1nnc(C)c(C)c1CN. The lowest BCUT2D eigenvalue weighted by atomic mass is 10.1. The Morgan fingerprint density at radius 3 is 2.50 bits per heavy atom. The Labute approximate surface area is 120 Å².